The largest absolute Gasteiger partial charge is 0.493 e. The van der Waals surface area contributed by atoms with Crippen LogP contribution in [0.2, 0.25) is 0 Å². The Bertz CT molecular complexity index is 1400. The van der Waals surface area contributed by atoms with Crippen LogP contribution in [0.1, 0.15) is 38.7 Å². The number of anilines is 2. The highest BCUT2D eigenvalue weighted by Crippen LogP contribution is 2.36. The maximum Gasteiger partial charge on any atom is 0.325 e. The van der Waals surface area contributed by atoms with Gasteiger partial charge in [0.25, 0.3) is 11.8 Å². The highest BCUT2D eigenvalue weighted by Gasteiger charge is 2.37. The van der Waals surface area contributed by atoms with Crippen LogP contribution in [0.4, 0.5) is 15.8 Å². The molecule has 0 bridgehead atoms. The van der Waals surface area contributed by atoms with Crippen molar-refractivity contribution < 1.29 is 37.8 Å². The van der Waals surface area contributed by atoms with E-state index >= 15 is 0 Å². The van der Waals surface area contributed by atoms with Crippen LogP contribution in [0.25, 0.3) is 0 Å². The number of rotatable bonds is 11. The molecule has 3 aromatic rings. The van der Waals surface area contributed by atoms with Gasteiger partial charge in [-0.15, -0.1) is 0 Å². The zero-order chi connectivity index (χ0) is 28.7. The van der Waals surface area contributed by atoms with Gasteiger partial charge in [0.05, 0.1) is 26.5 Å². The zero-order valence-electron chi connectivity index (χ0n) is 21.2. The van der Waals surface area contributed by atoms with Crippen LogP contribution in [0.3, 0.4) is 0 Å². The van der Waals surface area contributed by atoms with E-state index in [-0.39, 0.29) is 39.9 Å². The van der Waals surface area contributed by atoms with Gasteiger partial charge in [-0.3, -0.25) is 24.1 Å². The Morgan fingerprint density at radius 2 is 1.82 bits per heavy atom. The number of carbonyl (C=O) groups is 4. The number of aromatic nitrogens is 1. The van der Waals surface area contributed by atoms with Crippen molar-refractivity contribution in [2.24, 2.45) is 5.73 Å². The summed E-state index contributed by atoms with van der Waals surface area (Å²) in [6.45, 7) is 1.20. The molecule has 0 unspecified atom stereocenters. The van der Waals surface area contributed by atoms with Crippen LogP contribution >= 0.6 is 11.5 Å². The van der Waals surface area contributed by atoms with Crippen molar-refractivity contribution in [2.45, 2.75) is 13.0 Å². The van der Waals surface area contributed by atoms with Crippen LogP contribution < -0.4 is 31.2 Å². The van der Waals surface area contributed by atoms with E-state index in [0.29, 0.717) is 17.3 Å². The van der Waals surface area contributed by atoms with E-state index in [1.165, 1.54) is 44.6 Å². The predicted molar refractivity (Wildman–Crippen MR) is 140 cm³/mol. The van der Waals surface area contributed by atoms with E-state index in [1.54, 1.807) is 6.92 Å². The third kappa shape index (κ3) is 6.41. The van der Waals surface area contributed by atoms with Gasteiger partial charge in [0.1, 0.15) is 23.3 Å². The molecule has 0 fully saturated rings. The number of carbonyl (C=O) groups excluding carboxylic acids is 4. The van der Waals surface area contributed by atoms with E-state index in [2.05, 4.69) is 9.69 Å². The van der Waals surface area contributed by atoms with Crippen LogP contribution in [0.5, 0.6) is 11.5 Å². The number of nitrogen functional groups attached to an aromatic ring is 1. The molecule has 0 saturated carbocycles. The number of primary amides is 1. The van der Waals surface area contributed by atoms with Crippen molar-refractivity contribution >= 4 is 46.6 Å². The molecule has 0 aliphatic rings. The second-order valence-corrected chi connectivity index (χ2v) is 8.61. The molecule has 0 aliphatic heterocycles. The lowest BCUT2D eigenvalue weighted by Crippen LogP contribution is -2.45. The number of methoxy groups -OCH3 is 2. The van der Waals surface area contributed by atoms with Gasteiger partial charge in [0.2, 0.25) is 5.91 Å². The highest BCUT2D eigenvalue weighted by molar-refractivity contribution is 7.09. The summed E-state index contributed by atoms with van der Waals surface area (Å²) in [6, 6.07) is 7.92. The Labute approximate surface area is 226 Å². The van der Waals surface area contributed by atoms with Gasteiger partial charge in [-0.05, 0) is 54.4 Å². The third-order valence-corrected chi connectivity index (χ3v) is 6.25. The summed E-state index contributed by atoms with van der Waals surface area (Å²) in [7, 11) is 2.81. The standard InChI is InChI=1S/C25H26FN5O7S/c1-4-38-18(32)12-29-24(34)21(13-8-9-16(36-2)17(10-13)37-3)31(15-7-5-6-14(26)11-15)25(35)22-19(27)20(23(28)33)30-39-22/h5-11,21H,4,12,27H2,1-3H3,(H2,28,33)(H,29,34)/t21-/m1/s1. The number of benzene rings is 2. The predicted octanol–water partition coefficient (Wildman–Crippen LogP) is 2.05. The molecule has 1 aromatic heterocycles. The van der Waals surface area contributed by atoms with Gasteiger partial charge in [-0.25, -0.2) is 4.39 Å². The van der Waals surface area contributed by atoms with Gasteiger partial charge in [-0.2, -0.15) is 4.37 Å². The van der Waals surface area contributed by atoms with Crippen molar-refractivity contribution in [1.82, 2.24) is 9.69 Å². The minimum absolute atomic E-state index is 0.0282. The third-order valence-electron chi connectivity index (χ3n) is 5.40. The van der Waals surface area contributed by atoms with Crippen LogP contribution in [-0.2, 0) is 14.3 Å². The van der Waals surface area contributed by atoms with E-state index in [4.69, 9.17) is 25.7 Å². The molecule has 14 heteroatoms. The molecule has 0 saturated heterocycles. The lowest BCUT2D eigenvalue weighted by atomic mass is 10.0. The number of amides is 3. The summed E-state index contributed by atoms with van der Waals surface area (Å²) >= 11 is 0.591. The molecule has 5 N–H and O–H groups in total. The smallest absolute Gasteiger partial charge is 0.325 e. The second-order valence-electron chi connectivity index (χ2n) is 7.83. The van der Waals surface area contributed by atoms with Crippen molar-refractivity contribution in [3.05, 3.63) is 64.4 Å². The lowest BCUT2D eigenvalue weighted by molar-refractivity contribution is -0.143. The Morgan fingerprint density at radius 1 is 1.10 bits per heavy atom. The number of esters is 1. The molecule has 39 heavy (non-hydrogen) atoms. The maximum absolute atomic E-state index is 14.4. The van der Waals surface area contributed by atoms with E-state index in [0.717, 1.165) is 17.0 Å². The molecule has 3 amide bonds. The van der Waals surface area contributed by atoms with Crippen LogP contribution in [-0.4, -0.2) is 55.4 Å². The number of halogens is 1. The van der Waals surface area contributed by atoms with Gasteiger partial charge < -0.3 is 31.0 Å². The Kier molecular flexibility index (Phi) is 9.38. The first-order valence-electron chi connectivity index (χ1n) is 11.4. The highest BCUT2D eigenvalue weighted by atomic mass is 32.1. The van der Waals surface area contributed by atoms with Crippen molar-refractivity contribution in [3.63, 3.8) is 0 Å². The Balaban J connectivity index is 2.22. The van der Waals surface area contributed by atoms with E-state index in [1.807, 2.05) is 0 Å². The topological polar surface area (TPSA) is 176 Å². The fraction of sp³-hybridized carbons (Fsp3) is 0.240. The van der Waals surface area contributed by atoms with Gasteiger partial charge in [-0.1, -0.05) is 12.1 Å². The van der Waals surface area contributed by atoms with Crippen molar-refractivity contribution in [1.29, 1.82) is 0 Å². The summed E-state index contributed by atoms with van der Waals surface area (Å²) in [5, 5.41) is 2.45. The monoisotopic (exact) mass is 559 g/mol. The summed E-state index contributed by atoms with van der Waals surface area (Å²) in [5.41, 5.74) is 10.9. The van der Waals surface area contributed by atoms with E-state index in [9.17, 15) is 23.6 Å². The minimum atomic E-state index is -1.49. The lowest BCUT2D eigenvalue weighted by Gasteiger charge is -2.31. The average molecular weight is 560 g/mol. The molecule has 2 aromatic carbocycles. The van der Waals surface area contributed by atoms with Gasteiger partial charge in [0, 0.05) is 5.69 Å². The molecule has 0 aliphatic carbocycles. The molecule has 1 atom stereocenters. The molecule has 0 spiro atoms. The SMILES string of the molecule is CCOC(=O)CNC(=O)[C@@H](c1ccc(OC)c(OC)c1)N(C(=O)c1snc(C(N)=O)c1N)c1cccc(F)c1. The van der Waals surface area contributed by atoms with Crippen LogP contribution in [0, 0.1) is 5.82 Å². The van der Waals surface area contributed by atoms with Crippen molar-refractivity contribution in [3.8, 4) is 11.5 Å². The van der Waals surface area contributed by atoms with Crippen molar-refractivity contribution in [2.75, 3.05) is 38.0 Å². The normalized spacial score (nSPS) is 11.3. The molecular formula is C25H26FN5O7S. The quantitative estimate of drug-likeness (QED) is 0.297. The fourth-order valence-corrected chi connectivity index (χ4v) is 4.40. The molecule has 12 nitrogen and oxygen atoms in total. The maximum atomic E-state index is 14.4. The average Bonchev–Trinajstić information content (AvgIpc) is 3.31. The summed E-state index contributed by atoms with van der Waals surface area (Å²) < 4.78 is 33.7. The molecule has 1 heterocycles. The van der Waals surface area contributed by atoms with Gasteiger partial charge >= 0.3 is 5.97 Å². The minimum Gasteiger partial charge on any atom is -0.493 e. The number of hydrogen-bond acceptors (Lipinski definition) is 10. The number of hydrogen-bond donors (Lipinski definition) is 3. The van der Waals surface area contributed by atoms with E-state index < -0.39 is 42.1 Å². The number of nitrogens with zero attached hydrogens (tertiary/aromatic N) is 2. The Morgan fingerprint density at radius 3 is 2.41 bits per heavy atom. The summed E-state index contributed by atoms with van der Waals surface area (Å²) in [6.07, 6.45) is 0. The summed E-state index contributed by atoms with van der Waals surface area (Å²) in [4.78, 5) is 52.1. The van der Waals surface area contributed by atoms with Gasteiger partial charge in [0.15, 0.2) is 17.2 Å². The van der Waals surface area contributed by atoms with Crippen LogP contribution in [0.15, 0.2) is 42.5 Å². The Hall–Kier alpha value is -4.72. The molecule has 3 rings (SSSR count). The first-order valence-corrected chi connectivity index (χ1v) is 12.2. The summed E-state index contributed by atoms with van der Waals surface area (Å²) in [5.74, 6) is -3.48. The number of nitrogens with two attached hydrogens (primary N) is 2. The number of nitrogens with one attached hydrogen (secondary N) is 1. The zero-order valence-corrected chi connectivity index (χ0v) is 22.0. The second kappa shape index (κ2) is 12.7. The first kappa shape index (κ1) is 28.8. The molecular weight excluding hydrogens is 533 g/mol. The first-order chi connectivity index (χ1) is 18.6. The number of ether oxygens (including phenoxy) is 3. The molecule has 206 valence electrons. The fourth-order valence-electron chi connectivity index (χ4n) is 3.66. The molecule has 0 radical (unpaired) electrons.